The van der Waals surface area contributed by atoms with Crippen LogP contribution >= 0.6 is 0 Å². The van der Waals surface area contributed by atoms with Gasteiger partial charge in [-0.3, -0.25) is 0 Å². The van der Waals surface area contributed by atoms with Crippen LogP contribution in [0.2, 0.25) is 0 Å². The molecule has 12 heteroatoms. The van der Waals surface area contributed by atoms with E-state index in [1.54, 1.807) is 56.9 Å². The second-order valence-corrected chi connectivity index (χ2v) is 20.3. The highest BCUT2D eigenvalue weighted by Crippen LogP contribution is 2.30. The summed E-state index contributed by atoms with van der Waals surface area (Å²) in [6.07, 6.45) is 25.1. The summed E-state index contributed by atoms with van der Waals surface area (Å²) < 4.78 is 40.5. The Hall–Kier alpha value is -6.89. The lowest BCUT2D eigenvalue weighted by Crippen LogP contribution is -2.34. The number of para-hydroxylation sites is 3. The van der Waals surface area contributed by atoms with E-state index < -0.39 is 5.79 Å². The van der Waals surface area contributed by atoms with Crippen LogP contribution in [0.5, 0.6) is 17.2 Å². The van der Waals surface area contributed by atoms with Gasteiger partial charge in [0, 0.05) is 67.9 Å². The Morgan fingerprint density at radius 1 is 0.358 bits per heavy atom. The topological polar surface area (TPSA) is 96.9 Å². The molecule has 4 aliphatic rings. The SMILES string of the molecule is C.C.C=C.CC.CC.CC.CC.CC.CC.CC.COC.COC.COC1(OC2CCCC2)C=CCC=C1.COCCc1ccccc1.COc1ccccc1.COc1ccccc1.Cc1ccccc1.Cc1ccccc1.Cc1ccccc1.[B].[B].[B].[O-]C1CCCC1.c1ccc(OC2CCCC2)cc1. The molecule has 9 radical (unpaired) electrons. The van der Waals surface area contributed by atoms with Gasteiger partial charge in [-0.05, 0) is 126 Å². The van der Waals surface area contributed by atoms with Crippen molar-refractivity contribution in [1.29, 1.82) is 0 Å². The lowest BCUT2D eigenvalue weighted by Gasteiger charge is -2.30. The minimum atomic E-state index is -0.576. The maximum absolute atomic E-state index is 10.3. The Kier molecular flexibility index (Phi) is 135. The van der Waals surface area contributed by atoms with Crippen LogP contribution in [0.15, 0.2) is 250 Å². The minimum absolute atomic E-state index is 0. The van der Waals surface area contributed by atoms with Gasteiger partial charge in [0.15, 0.2) is 0 Å². The van der Waals surface area contributed by atoms with Crippen molar-refractivity contribution in [3.63, 3.8) is 0 Å². The summed E-state index contributed by atoms with van der Waals surface area (Å²) >= 11 is 0. The van der Waals surface area contributed by atoms with Crippen molar-refractivity contribution in [2.45, 2.75) is 247 Å². The number of ether oxygens (including phenoxy) is 8. The third-order valence-corrected chi connectivity index (χ3v) is 12.8. The van der Waals surface area contributed by atoms with Crippen LogP contribution in [0.4, 0.5) is 0 Å². The Labute approximate surface area is 663 Å². The summed E-state index contributed by atoms with van der Waals surface area (Å²) in [6.45, 7) is 41.1. The average Bonchev–Trinajstić information content (AvgIpc) is 1.54. The van der Waals surface area contributed by atoms with E-state index in [1.165, 1.54) is 86.5 Å². The van der Waals surface area contributed by atoms with Crippen molar-refractivity contribution >= 4 is 25.2 Å². The van der Waals surface area contributed by atoms with Gasteiger partial charge in [-0.1, -0.05) is 355 Å². The van der Waals surface area contributed by atoms with E-state index in [4.69, 9.17) is 28.4 Å². The predicted octanol–water partition coefficient (Wildman–Crippen LogP) is 26.0. The number of hydrogen-bond donors (Lipinski definition) is 0. The van der Waals surface area contributed by atoms with E-state index in [0.29, 0.717) is 12.2 Å². The van der Waals surface area contributed by atoms with Crippen LogP contribution in [-0.4, -0.2) is 113 Å². The molecule has 7 aromatic carbocycles. The van der Waals surface area contributed by atoms with Crippen LogP contribution in [0.3, 0.4) is 0 Å². The molecular formula is C94H159B3O9-. The van der Waals surface area contributed by atoms with Crippen LogP contribution < -0.4 is 19.3 Å². The first-order chi connectivity index (χ1) is 49.5. The molecule has 3 saturated carbocycles. The molecule has 11 rings (SSSR count). The molecule has 7 aromatic rings. The molecule has 9 nitrogen and oxygen atoms in total. The van der Waals surface area contributed by atoms with E-state index >= 15 is 0 Å². The molecule has 0 unspecified atom stereocenters. The number of methoxy groups -OCH3 is 6. The van der Waals surface area contributed by atoms with Crippen LogP contribution in [0.25, 0.3) is 0 Å². The third kappa shape index (κ3) is 89.5. The number of rotatable bonds is 10. The van der Waals surface area contributed by atoms with Crippen molar-refractivity contribution in [2.75, 3.05) is 63.5 Å². The van der Waals surface area contributed by atoms with E-state index in [-0.39, 0.29) is 46.2 Å². The largest absolute Gasteiger partial charge is 0.852 e. The summed E-state index contributed by atoms with van der Waals surface area (Å²) in [4.78, 5) is 0. The first-order valence-corrected chi connectivity index (χ1v) is 37.5. The van der Waals surface area contributed by atoms with E-state index in [2.05, 4.69) is 104 Å². The maximum Gasteiger partial charge on any atom is 0.207 e. The fraction of sp³-hybridized carbons (Fsp3) is 0.489. The molecule has 0 saturated heterocycles. The minimum Gasteiger partial charge on any atom is -0.852 e. The van der Waals surface area contributed by atoms with Gasteiger partial charge >= 0.3 is 0 Å². The molecule has 599 valence electrons. The average molecular weight is 1470 g/mol. The normalized spacial score (nSPS) is 11.6. The van der Waals surface area contributed by atoms with Gasteiger partial charge in [-0.15, -0.1) is 19.3 Å². The Bertz CT molecular complexity index is 2390. The lowest BCUT2D eigenvalue weighted by atomic mass is 10.1. The molecule has 3 fully saturated rings. The van der Waals surface area contributed by atoms with E-state index in [0.717, 1.165) is 49.5 Å². The monoisotopic (exact) mass is 1470 g/mol. The van der Waals surface area contributed by atoms with Crippen molar-refractivity contribution in [2.24, 2.45) is 0 Å². The molecule has 0 amide bonds. The highest BCUT2D eigenvalue weighted by atomic mass is 16.7. The highest BCUT2D eigenvalue weighted by Gasteiger charge is 2.30. The highest BCUT2D eigenvalue weighted by molar-refractivity contribution is 5.76. The third-order valence-electron chi connectivity index (χ3n) is 12.8. The van der Waals surface area contributed by atoms with Gasteiger partial charge in [0.05, 0.1) is 33.0 Å². The number of aryl methyl sites for hydroxylation is 3. The fourth-order valence-electron chi connectivity index (χ4n) is 8.30. The van der Waals surface area contributed by atoms with Gasteiger partial charge in [0.1, 0.15) is 17.2 Å². The second kappa shape index (κ2) is 111. The molecule has 0 atom stereocenters. The molecule has 0 heterocycles. The molecule has 4 aliphatic carbocycles. The number of allylic oxidation sites excluding steroid dienone is 2. The molecule has 0 spiro atoms. The summed E-state index contributed by atoms with van der Waals surface area (Å²) in [7, 11) is 13.3. The molecule has 0 N–H and O–H groups in total. The van der Waals surface area contributed by atoms with Gasteiger partial charge in [-0.25, -0.2) is 0 Å². The van der Waals surface area contributed by atoms with Crippen LogP contribution in [0.1, 0.15) is 218 Å². The quantitative estimate of drug-likeness (QED) is 0.0753. The predicted molar refractivity (Wildman–Crippen MR) is 476 cm³/mol. The Morgan fingerprint density at radius 3 is 0.821 bits per heavy atom. The second-order valence-electron chi connectivity index (χ2n) is 20.3. The van der Waals surface area contributed by atoms with Crippen LogP contribution in [-0.2, 0) is 30.1 Å². The number of hydrogen-bond acceptors (Lipinski definition) is 9. The first-order valence-electron chi connectivity index (χ1n) is 37.5. The van der Waals surface area contributed by atoms with Gasteiger partial charge < -0.3 is 43.0 Å². The summed E-state index contributed by atoms with van der Waals surface area (Å²) in [5, 5.41) is 10.3. The zero-order valence-corrected chi connectivity index (χ0v) is 70.7. The van der Waals surface area contributed by atoms with E-state index in [1.807, 2.05) is 273 Å². The standard InChI is InChI=1S/C12H18O2.C11H14O.C9H12O.2C7H8O.3C7H8.C5H9O.2C2H6O.7C2H6.C2H4.2CH4.3B/c1-13-12(9-5-2-6-10-12)14-11-7-3-4-8-11;1-2-6-10(7-3-1)12-11-8-4-5-9-11;1-10-8-7-9-5-3-2-4-6-9;2*1-8-7-5-3-2-4-6-7;3*1-7-5-3-2-4-6-7;6-5-3-1-2-4-5;2*1-3-2;8*1-2;;;;;/h5-6,9-11H,2-4,7-8H2,1H3;1-3,6-7,11H,4-5,8-9H2;2-6H,7-8H2,1H3;2*2-6H,1H3;3*2-6H,1H3;5H,1-4H2;2*1-2H3;7*1-2H3;1-2H2;2*1H4;;;/q;;;;;;;;-1;;;;;;;;;;;;;;;. The van der Waals surface area contributed by atoms with E-state index in [9.17, 15) is 5.11 Å². The zero-order valence-electron chi connectivity index (χ0n) is 70.7. The van der Waals surface area contributed by atoms with Crippen molar-refractivity contribution in [3.8, 4) is 17.2 Å². The van der Waals surface area contributed by atoms with Crippen molar-refractivity contribution < 1.29 is 43.0 Å². The Balaban J connectivity index is -0.0000000809. The maximum atomic E-state index is 10.3. The fourth-order valence-corrected chi connectivity index (χ4v) is 8.30. The Morgan fingerprint density at radius 2 is 0.604 bits per heavy atom. The van der Waals surface area contributed by atoms with Crippen LogP contribution in [0, 0.1) is 20.8 Å². The smallest absolute Gasteiger partial charge is 0.207 e. The zero-order chi connectivity index (χ0) is 78.1. The van der Waals surface area contributed by atoms with Crippen molar-refractivity contribution in [3.05, 3.63) is 272 Å². The number of benzene rings is 7. The summed E-state index contributed by atoms with van der Waals surface area (Å²) in [5.74, 6) is 2.26. The molecule has 0 bridgehead atoms. The molecule has 0 aliphatic heterocycles. The molecule has 106 heavy (non-hydrogen) atoms. The summed E-state index contributed by atoms with van der Waals surface area (Å²) in [5.41, 5.74) is 5.30. The molecule has 0 aromatic heterocycles. The first kappa shape index (κ1) is 129. The summed E-state index contributed by atoms with van der Waals surface area (Å²) in [6, 6.07) is 70.6. The lowest BCUT2D eigenvalue weighted by molar-refractivity contribution is -0.417. The van der Waals surface area contributed by atoms with Crippen molar-refractivity contribution in [1.82, 2.24) is 0 Å². The van der Waals surface area contributed by atoms with Gasteiger partial charge in [-0.2, -0.15) is 0 Å². The molecular weight excluding hydrogens is 1310 g/mol. The van der Waals surface area contributed by atoms with Gasteiger partial charge in [0.2, 0.25) is 5.79 Å². The van der Waals surface area contributed by atoms with Gasteiger partial charge in [0.25, 0.3) is 0 Å².